The van der Waals surface area contributed by atoms with Crippen molar-refractivity contribution < 1.29 is 9.53 Å². The third-order valence-electron chi connectivity index (χ3n) is 5.75. The fourth-order valence-electron chi connectivity index (χ4n) is 4.21. The highest BCUT2D eigenvalue weighted by atomic mass is 16.5. The summed E-state index contributed by atoms with van der Waals surface area (Å²) in [4.78, 5) is 18.5. The summed E-state index contributed by atoms with van der Waals surface area (Å²) in [5.74, 6) is 0. The van der Waals surface area contributed by atoms with Gasteiger partial charge in [-0.1, -0.05) is 60.7 Å². The summed E-state index contributed by atoms with van der Waals surface area (Å²) in [7, 11) is 1.45. The lowest BCUT2D eigenvalue weighted by Gasteiger charge is -2.50. The number of methoxy groups -OCH3 is 1. The van der Waals surface area contributed by atoms with Crippen LogP contribution in [0, 0.1) is 0 Å². The van der Waals surface area contributed by atoms with Gasteiger partial charge in [0.2, 0.25) is 0 Å². The molecule has 2 aliphatic heterocycles. The van der Waals surface area contributed by atoms with Crippen molar-refractivity contribution in [3.8, 4) is 0 Å². The van der Waals surface area contributed by atoms with Gasteiger partial charge in [-0.15, -0.1) is 0 Å². The summed E-state index contributed by atoms with van der Waals surface area (Å²) < 4.78 is 4.83. The van der Waals surface area contributed by atoms with Gasteiger partial charge in [0.25, 0.3) is 0 Å². The number of hydrogen-bond acceptors (Lipinski definition) is 4. The number of likely N-dealkylation sites (tertiary alicyclic amines) is 1. The minimum atomic E-state index is -0.210. The standard InChI is InChI=1S/C22H27N3O2/c1-27-22(26)24-14-12-23(13-15-24)20-16-25(17-20)21(18-8-4-2-5-9-18)19-10-6-3-7-11-19/h2-11,20-21H,12-17H2,1H3. The zero-order valence-electron chi connectivity index (χ0n) is 15.8. The largest absolute Gasteiger partial charge is 0.453 e. The van der Waals surface area contributed by atoms with Crippen LogP contribution in [0.4, 0.5) is 4.79 Å². The van der Waals surface area contributed by atoms with Gasteiger partial charge >= 0.3 is 6.09 Å². The van der Waals surface area contributed by atoms with E-state index in [-0.39, 0.29) is 6.09 Å². The predicted molar refractivity (Wildman–Crippen MR) is 106 cm³/mol. The monoisotopic (exact) mass is 365 g/mol. The Kier molecular flexibility index (Phi) is 5.41. The minimum absolute atomic E-state index is 0.210. The molecule has 0 saturated carbocycles. The molecule has 0 radical (unpaired) electrons. The summed E-state index contributed by atoms with van der Waals surface area (Å²) in [5, 5.41) is 0. The lowest BCUT2D eigenvalue weighted by atomic mass is 9.92. The normalized spacial score (nSPS) is 19.1. The van der Waals surface area contributed by atoms with E-state index in [1.54, 1.807) is 4.90 Å². The predicted octanol–water partition coefficient (Wildman–Crippen LogP) is 2.84. The van der Waals surface area contributed by atoms with E-state index in [1.807, 2.05) is 0 Å². The van der Waals surface area contributed by atoms with Crippen molar-refractivity contribution in [1.29, 1.82) is 0 Å². The molecule has 0 aromatic heterocycles. The van der Waals surface area contributed by atoms with Crippen LogP contribution in [0.25, 0.3) is 0 Å². The highest BCUT2D eigenvalue weighted by Crippen LogP contribution is 2.33. The topological polar surface area (TPSA) is 36.0 Å². The quantitative estimate of drug-likeness (QED) is 0.835. The minimum Gasteiger partial charge on any atom is -0.453 e. The molecule has 5 heteroatoms. The van der Waals surface area contributed by atoms with Gasteiger partial charge in [0.15, 0.2) is 0 Å². The molecule has 2 fully saturated rings. The number of nitrogens with zero attached hydrogens (tertiary/aromatic N) is 3. The highest BCUT2D eigenvalue weighted by Gasteiger charge is 2.38. The maximum atomic E-state index is 11.7. The van der Waals surface area contributed by atoms with Crippen LogP contribution in [0.5, 0.6) is 0 Å². The highest BCUT2D eigenvalue weighted by molar-refractivity contribution is 5.67. The summed E-state index contributed by atoms with van der Waals surface area (Å²) in [5.41, 5.74) is 2.69. The Bertz CT molecular complexity index is 699. The molecule has 5 nitrogen and oxygen atoms in total. The van der Waals surface area contributed by atoms with Crippen molar-refractivity contribution in [2.24, 2.45) is 0 Å². The van der Waals surface area contributed by atoms with Crippen molar-refractivity contribution >= 4 is 6.09 Å². The molecular formula is C22H27N3O2. The molecular weight excluding hydrogens is 338 g/mol. The van der Waals surface area contributed by atoms with Crippen LogP contribution >= 0.6 is 0 Å². The molecule has 27 heavy (non-hydrogen) atoms. The average Bonchev–Trinajstić information content (AvgIpc) is 2.71. The second-order valence-corrected chi connectivity index (χ2v) is 7.32. The van der Waals surface area contributed by atoms with Gasteiger partial charge in [-0.2, -0.15) is 0 Å². The van der Waals surface area contributed by atoms with Crippen molar-refractivity contribution in [3.63, 3.8) is 0 Å². The Hall–Kier alpha value is -2.37. The number of ether oxygens (including phenoxy) is 1. The van der Waals surface area contributed by atoms with Crippen LogP contribution in [-0.4, -0.2) is 73.2 Å². The number of piperazine rings is 1. The molecule has 142 valence electrons. The average molecular weight is 365 g/mol. The lowest BCUT2D eigenvalue weighted by Crippen LogP contribution is -2.63. The van der Waals surface area contributed by atoms with Crippen molar-refractivity contribution in [3.05, 3.63) is 71.8 Å². The molecule has 4 rings (SSSR count). The van der Waals surface area contributed by atoms with Crippen LogP contribution in [-0.2, 0) is 4.74 Å². The van der Waals surface area contributed by atoms with E-state index in [4.69, 9.17) is 4.74 Å². The SMILES string of the molecule is COC(=O)N1CCN(C2CN(C(c3ccccc3)c3ccccc3)C2)CC1. The lowest BCUT2D eigenvalue weighted by molar-refractivity contribution is -0.00826. The fraction of sp³-hybridized carbons (Fsp3) is 0.409. The zero-order chi connectivity index (χ0) is 18.6. The molecule has 2 aromatic rings. The van der Waals surface area contributed by atoms with Crippen molar-refractivity contribution in [2.45, 2.75) is 12.1 Å². The number of amides is 1. The van der Waals surface area contributed by atoms with Crippen molar-refractivity contribution in [2.75, 3.05) is 46.4 Å². The molecule has 0 spiro atoms. The van der Waals surface area contributed by atoms with E-state index >= 15 is 0 Å². The van der Waals surface area contributed by atoms with Crippen LogP contribution in [0.3, 0.4) is 0 Å². The molecule has 1 amide bonds. The van der Waals surface area contributed by atoms with Gasteiger partial charge in [0.1, 0.15) is 0 Å². The molecule has 0 aliphatic carbocycles. The molecule has 2 heterocycles. The number of hydrogen-bond donors (Lipinski definition) is 0. The second kappa shape index (κ2) is 8.11. The Morgan fingerprint density at radius 3 is 1.89 bits per heavy atom. The number of rotatable bonds is 4. The Morgan fingerprint density at radius 2 is 1.41 bits per heavy atom. The second-order valence-electron chi connectivity index (χ2n) is 7.32. The Balaban J connectivity index is 1.40. The maximum absolute atomic E-state index is 11.7. The fourth-order valence-corrected chi connectivity index (χ4v) is 4.21. The first-order valence-corrected chi connectivity index (χ1v) is 9.67. The molecule has 0 bridgehead atoms. The van der Waals surface area contributed by atoms with E-state index in [0.29, 0.717) is 12.1 Å². The molecule has 2 aliphatic rings. The zero-order valence-corrected chi connectivity index (χ0v) is 15.8. The van der Waals surface area contributed by atoms with Gasteiger partial charge < -0.3 is 9.64 Å². The molecule has 2 saturated heterocycles. The first-order chi connectivity index (χ1) is 13.3. The van der Waals surface area contributed by atoms with E-state index in [2.05, 4.69) is 70.5 Å². The van der Waals surface area contributed by atoms with E-state index in [0.717, 1.165) is 39.3 Å². The smallest absolute Gasteiger partial charge is 0.409 e. The first-order valence-electron chi connectivity index (χ1n) is 9.67. The van der Waals surface area contributed by atoms with Gasteiger partial charge in [0, 0.05) is 45.3 Å². The maximum Gasteiger partial charge on any atom is 0.409 e. The summed E-state index contributed by atoms with van der Waals surface area (Å²) in [6.45, 7) is 5.48. The Morgan fingerprint density at radius 1 is 0.889 bits per heavy atom. The Labute approximate surface area is 161 Å². The number of carbonyl (C=O) groups excluding carboxylic acids is 1. The van der Waals surface area contributed by atoms with Crippen LogP contribution in [0.2, 0.25) is 0 Å². The molecule has 0 atom stereocenters. The van der Waals surface area contributed by atoms with Crippen LogP contribution < -0.4 is 0 Å². The van der Waals surface area contributed by atoms with Crippen molar-refractivity contribution in [1.82, 2.24) is 14.7 Å². The number of benzene rings is 2. The molecule has 2 aromatic carbocycles. The van der Waals surface area contributed by atoms with Gasteiger partial charge in [0.05, 0.1) is 13.2 Å². The van der Waals surface area contributed by atoms with Gasteiger partial charge in [-0.05, 0) is 11.1 Å². The molecule has 0 unspecified atom stereocenters. The van der Waals surface area contributed by atoms with Gasteiger partial charge in [-0.3, -0.25) is 9.80 Å². The first kappa shape index (κ1) is 18.0. The third-order valence-corrected chi connectivity index (χ3v) is 5.75. The van der Waals surface area contributed by atoms with E-state index in [1.165, 1.54) is 18.2 Å². The van der Waals surface area contributed by atoms with Crippen LogP contribution in [0.15, 0.2) is 60.7 Å². The summed E-state index contributed by atoms with van der Waals surface area (Å²) >= 11 is 0. The third kappa shape index (κ3) is 3.84. The van der Waals surface area contributed by atoms with Crippen LogP contribution in [0.1, 0.15) is 17.2 Å². The van der Waals surface area contributed by atoms with E-state index < -0.39 is 0 Å². The number of carbonyl (C=O) groups is 1. The summed E-state index contributed by atoms with van der Waals surface area (Å²) in [6.07, 6.45) is -0.210. The van der Waals surface area contributed by atoms with Gasteiger partial charge in [-0.25, -0.2) is 4.79 Å². The molecule has 0 N–H and O–H groups in total. The summed E-state index contributed by atoms with van der Waals surface area (Å²) in [6, 6.07) is 22.4. The van der Waals surface area contributed by atoms with E-state index in [9.17, 15) is 4.79 Å².